The van der Waals surface area contributed by atoms with Crippen molar-refractivity contribution in [1.29, 1.82) is 0 Å². The van der Waals surface area contributed by atoms with Gasteiger partial charge in [-0.2, -0.15) is 0 Å². The summed E-state index contributed by atoms with van der Waals surface area (Å²) < 4.78 is 22.4. The number of halogens is 2. The van der Waals surface area contributed by atoms with Gasteiger partial charge in [-0.05, 0) is 41.8 Å². The molecular weight excluding hydrogens is 581 g/mol. The molecule has 0 atom stereocenters. The van der Waals surface area contributed by atoms with E-state index in [1.807, 2.05) is 60.4 Å². The monoisotopic (exact) mass is 611 g/mol. The van der Waals surface area contributed by atoms with Gasteiger partial charge < -0.3 is 23.8 Å². The van der Waals surface area contributed by atoms with Crippen LogP contribution in [-0.2, 0) is 17.8 Å². The number of methoxy groups -OCH3 is 3. The zero-order valence-corrected chi connectivity index (χ0v) is 25.2. The average Bonchev–Trinajstić information content (AvgIpc) is 3.00. The summed E-state index contributed by atoms with van der Waals surface area (Å²) in [5, 5.41) is 0.323. The van der Waals surface area contributed by atoms with Gasteiger partial charge in [0.2, 0.25) is 0 Å². The summed E-state index contributed by atoms with van der Waals surface area (Å²) in [6.07, 6.45) is 2.10. The van der Waals surface area contributed by atoms with Crippen molar-refractivity contribution in [1.82, 2.24) is 9.55 Å². The molecule has 0 N–H and O–H groups in total. The third-order valence-corrected chi connectivity index (χ3v) is 6.99. The standard InChI is InChI=1S/C31H31Cl2N3O6/c1-5-14-42-24-15-25(32)28(26(33)16-24)36-19-34-29(27(30(36)37)31(38)41-4)35(17-20-6-10-22(39-2)11-7-20)18-21-8-12-23(40-3)13-9-21/h6-13,15-16,19H,5,14,17-18H2,1-4H3. The van der Waals surface area contributed by atoms with E-state index in [0.29, 0.717) is 36.9 Å². The van der Waals surface area contributed by atoms with Crippen molar-refractivity contribution in [2.45, 2.75) is 26.4 Å². The maximum atomic E-state index is 13.9. The second-order valence-corrected chi connectivity index (χ2v) is 10.1. The minimum atomic E-state index is -0.846. The normalized spacial score (nSPS) is 10.7. The molecule has 0 aliphatic carbocycles. The van der Waals surface area contributed by atoms with Crippen LogP contribution in [0.5, 0.6) is 17.2 Å². The lowest BCUT2D eigenvalue weighted by molar-refractivity contribution is 0.0598. The van der Waals surface area contributed by atoms with Crippen LogP contribution < -0.4 is 24.7 Å². The van der Waals surface area contributed by atoms with E-state index >= 15 is 0 Å². The van der Waals surface area contributed by atoms with Crippen LogP contribution in [0.3, 0.4) is 0 Å². The maximum absolute atomic E-state index is 13.9. The van der Waals surface area contributed by atoms with Crippen LogP contribution in [0.4, 0.5) is 5.82 Å². The minimum Gasteiger partial charge on any atom is -0.497 e. The number of carbonyl (C=O) groups is 1. The number of esters is 1. The molecule has 0 radical (unpaired) electrons. The molecule has 0 amide bonds. The van der Waals surface area contributed by atoms with Crippen molar-refractivity contribution in [3.8, 4) is 22.9 Å². The highest BCUT2D eigenvalue weighted by molar-refractivity contribution is 6.38. The summed E-state index contributed by atoms with van der Waals surface area (Å²) in [5.41, 5.74) is 1.03. The second-order valence-electron chi connectivity index (χ2n) is 9.25. The maximum Gasteiger partial charge on any atom is 0.347 e. The molecule has 1 heterocycles. The van der Waals surface area contributed by atoms with Crippen LogP contribution in [0.2, 0.25) is 10.0 Å². The Morgan fingerprint density at radius 3 is 1.83 bits per heavy atom. The molecule has 11 heteroatoms. The predicted octanol–water partition coefficient (Wildman–Crippen LogP) is 6.34. The van der Waals surface area contributed by atoms with E-state index in [-0.39, 0.29) is 27.1 Å². The van der Waals surface area contributed by atoms with Gasteiger partial charge in [0.1, 0.15) is 23.6 Å². The second kappa shape index (κ2) is 14.1. The molecule has 0 unspecified atom stereocenters. The van der Waals surface area contributed by atoms with Crippen LogP contribution in [0.1, 0.15) is 34.8 Å². The van der Waals surface area contributed by atoms with Crippen molar-refractivity contribution in [3.63, 3.8) is 0 Å². The van der Waals surface area contributed by atoms with Gasteiger partial charge in [0.05, 0.1) is 43.7 Å². The van der Waals surface area contributed by atoms with Gasteiger partial charge >= 0.3 is 5.97 Å². The van der Waals surface area contributed by atoms with Crippen LogP contribution in [0.25, 0.3) is 5.69 Å². The molecule has 9 nitrogen and oxygen atoms in total. The van der Waals surface area contributed by atoms with Gasteiger partial charge in [0.15, 0.2) is 11.4 Å². The van der Waals surface area contributed by atoms with E-state index in [0.717, 1.165) is 22.1 Å². The highest BCUT2D eigenvalue weighted by Gasteiger charge is 2.27. The SMILES string of the molecule is CCCOc1cc(Cl)c(-n2cnc(N(Cc3ccc(OC)cc3)Cc3ccc(OC)cc3)c(C(=O)OC)c2=O)c(Cl)c1. The lowest BCUT2D eigenvalue weighted by Gasteiger charge is -2.26. The van der Waals surface area contributed by atoms with Crippen molar-refractivity contribution in [3.05, 3.63) is 104 Å². The third-order valence-electron chi connectivity index (χ3n) is 6.41. The summed E-state index contributed by atoms with van der Waals surface area (Å²) in [6, 6.07) is 18.1. The van der Waals surface area contributed by atoms with Crippen LogP contribution >= 0.6 is 23.2 Å². The number of carbonyl (C=O) groups excluding carboxylic acids is 1. The molecule has 1 aromatic heterocycles. The molecule has 0 saturated heterocycles. The van der Waals surface area contributed by atoms with Gasteiger partial charge in [0, 0.05) is 25.2 Å². The number of benzene rings is 3. The largest absolute Gasteiger partial charge is 0.497 e. The van der Waals surface area contributed by atoms with Crippen LogP contribution in [0, 0.1) is 0 Å². The van der Waals surface area contributed by atoms with Crippen LogP contribution in [-0.4, -0.2) is 43.5 Å². The Hall–Kier alpha value is -4.21. The van der Waals surface area contributed by atoms with Gasteiger partial charge in [-0.25, -0.2) is 9.78 Å². The predicted molar refractivity (Wildman–Crippen MR) is 163 cm³/mol. The van der Waals surface area contributed by atoms with Crippen molar-refractivity contribution < 1.29 is 23.7 Å². The highest BCUT2D eigenvalue weighted by Crippen LogP contribution is 2.33. The fourth-order valence-electron chi connectivity index (χ4n) is 4.31. The van der Waals surface area contributed by atoms with E-state index in [2.05, 4.69) is 4.98 Å². The fourth-order valence-corrected chi connectivity index (χ4v) is 4.96. The Bertz CT molecular complexity index is 1520. The van der Waals surface area contributed by atoms with Crippen molar-refractivity contribution in [2.75, 3.05) is 32.8 Å². The zero-order valence-electron chi connectivity index (χ0n) is 23.7. The lowest BCUT2D eigenvalue weighted by Crippen LogP contribution is -2.33. The zero-order chi connectivity index (χ0) is 30.2. The molecule has 3 aromatic carbocycles. The molecule has 0 spiro atoms. The van der Waals surface area contributed by atoms with E-state index in [9.17, 15) is 9.59 Å². The summed E-state index contributed by atoms with van der Waals surface area (Å²) in [7, 11) is 4.40. The highest BCUT2D eigenvalue weighted by atomic mass is 35.5. The van der Waals surface area contributed by atoms with Crippen molar-refractivity contribution >= 4 is 35.0 Å². The molecule has 42 heavy (non-hydrogen) atoms. The van der Waals surface area contributed by atoms with E-state index in [1.165, 1.54) is 13.4 Å². The molecule has 0 aliphatic heterocycles. The molecule has 0 bridgehead atoms. The molecule has 0 aliphatic rings. The number of hydrogen-bond acceptors (Lipinski definition) is 8. The third kappa shape index (κ3) is 6.98. The lowest BCUT2D eigenvalue weighted by atomic mass is 10.1. The molecule has 220 valence electrons. The Morgan fingerprint density at radius 1 is 0.857 bits per heavy atom. The number of rotatable bonds is 12. The number of aromatic nitrogens is 2. The Morgan fingerprint density at radius 2 is 1.38 bits per heavy atom. The van der Waals surface area contributed by atoms with Crippen molar-refractivity contribution in [2.24, 2.45) is 0 Å². The van der Waals surface area contributed by atoms with Crippen LogP contribution in [0.15, 0.2) is 71.8 Å². The van der Waals surface area contributed by atoms with Gasteiger partial charge in [-0.15, -0.1) is 0 Å². The number of hydrogen-bond donors (Lipinski definition) is 0. The summed E-state index contributed by atoms with van der Waals surface area (Å²) in [4.78, 5) is 33.5. The number of anilines is 1. The first kappa shape index (κ1) is 30.7. The van der Waals surface area contributed by atoms with E-state index in [1.54, 1.807) is 26.4 Å². The topological polar surface area (TPSA) is 92.1 Å². The van der Waals surface area contributed by atoms with E-state index < -0.39 is 11.5 Å². The van der Waals surface area contributed by atoms with Gasteiger partial charge in [-0.3, -0.25) is 9.36 Å². The number of nitrogens with zero attached hydrogens (tertiary/aromatic N) is 3. The minimum absolute atomic E-state index is 0.143. The molecule has 0 fully saturated rings. The van der Waals surface area contributed by atoms with Gasteiger partial charge in [0.25, 0.3) is 5.56 Å². The Balaban J connectivity index is 1.83. The van der Waals surface area contributed by atoms with Gasteiger partial charge in [-0.1, -0.05) is 54.4 Å². The van der Waals surface area contributed by atoms with E-state index in [4.69, 9.17) is 42.1 Å². The molecule has 0 saturated carbocycles. The first-order chi connectivity index (χ1) is 20.3. The Labute approximate surface area is 254 Å². The quantitative estimate of drug-likeness (QED) is 0.171. The Kier molecular flexibility index (Phi) is 10.3. The molecule has 4 rings (SSSR count). The summed E-state index contributed by atoms with van der Waals surface area (Å²) in [5.74, 6) is 1.17. The fraction of sp³-hybridized carbons (Fsp3) is 0.258. The smallest absolute Gasteiger partial charge is 0.347 e. The molecule has 4 aromatic rings. The first-order valence-corrected chi connectivity index (χ1v) is 13.9. The summed E-state index contributed by atoms with van der Waals surface area (Å²) >= 11 is 13.1. The summed E-state index contributed by atoms with van der Waals surface area (Å²) in [6.45, 7) is 3.10. The first-order valence-electron chi connectivity index (χ1n) is 13.1. The molecular formula is C31H31Cl2N3O6. The average molecular weight is 613 g/mol. The number of ether oxygens (including phenoxy) is 4.